The number of benzene rings is 1. The monoisotopic (exact) mass is 241 g/mol. The highest BCUT2D eigenvalue weighted by Crippen LogP contribution is 2.38. The quantitative estimate of drug-likeness (QED) is 0.727. The number of aryl methyl sites for hydroxylation is 1. The molecule has 1 aliphatic rings. The van der Waals surface area contributed by atoms with E-state index in [-0.39, 0.29) is 5.78 Å². The van der Waals surface area contributed by atoms with E-state index in [0.29, 0.717) is 0 Å². The molecule has 1 aromatic carbocycles. The van der Waals surface area contributed by atoms with Crippen LogP contribution in [0.2, 0.25) is 0 Å². The number of nitrogens with zero attached hydrogens (tertiary/aromatic N) is 1. The number of carbonyl (C=O) groups excluding carboxylic acids is 1. The Labute approximate surface area is 108 Å². The number of fused-ring (bicyclic) bond motifs is 1. The number of aromatic nitrogens is 1. The van der Waals surface area contributed by atoms with Crippen molar-refractivity contribution < 1.29 is 4.79 Å². The van der Waals surface area contributed by atoms with Crippen LogP contribution in [0.15, 0.2) is 24.4 Å². The predicted octanol–water partition coefficient (Wildman–Crippen LogP) is 4.04. The maximum Gasteiger partial charge on any atom is 0.159 e. The molecular weight excluding hydrogens is 222 g/mol. The second-order valence-corrected chi connectivity index (χ2v) is 5.46. The van der Waals surface area contributed by atoms with Crippen LogP contribution in [0.1, 0.15) is 54.4 Å². The Bertz CT molecular complexity index is 603. The molecule has 1 aliphatic carbocycles. The van der Waals surface area contributed by atoms with Crippen molar-refractivity contribution in [3.63, 3.8) is 0 Å². The van der Waals surface area contributed by atoms with Crippen molar-refractivity contribution in [1.29, 1.82) is 0 Å². The fourth-order valence-corrected chi connectivity index (χ4v) is 3.20. The fourth-order valence-electron chi connectivity index (χ4n) is 3.20. The van der Waals surface area contributed by atoms with Crippen LogP contribution in [-0.4, -0.2) is 10.4 Å². The molecule has 0 saturated heterocycles. The van der Waals surface area contributed by atoms with E-state index in [1.165, 1.54) is 42.1 Å². The molecule has 0 unspecified atom stereocenters. The molecule has 0 aliphatic heterocycles. The molecule has 0 bridgehead atoms. The van der Waals surface area contributed by atoms with E-state index in [1.54, 1.807) is 6.92 Å². The number of hydrogen-bond donors (Lipinski definition) is 0. The summed E-state index contributed by atoms with van der Waals surface area (Å²) in [6.07, 6.45) is 7.59. The molecule has 2 aromatic rings. The van der Waals surface area contributed by atoms with E-state index in [9.17, 15) is 4.79 Å². The summed E-state index contributed by atoms with van der Waals surface area (Å²) < 4.78 is 2.16. The molecule has 0 amide bonds. The van der Waals surface area contributed by atoms with Crippen LogP contribution in [0.25, 0.3) is 10.9 Å². The molecule has 2 nitrogen and oxygen atoms in total. The van der Waals surface area contributed by atoms with Crippen LogP contribution in [0.3, 0.4) is 0 Å². The van der Waals surface area contributed by atoms with Crippen LogP contribution in [0.4, 0.5) is 0 Å². The normalized spacial score (nSPS) is 16.6. The molecule has 1 fully saturated rings. The first-order valence-electron chi connectivity index (χ1n) is 6.77. The van der Waals surface area contributed by atoms with Gasteiger partial charge in [0.2, 0.25) is 0 Å². The summed E-state index contributed by atoms with van der Waals surface area (Å²) >= 11 is 0. The smallest absolute Gasteiger partial charge is 0.159 e. The van der Waals surface area contributed by atoms with Crippen LogP contribution >= 0.6 is 0 Å². The van der Waals surface area contributed by atoms with Gasteiger partial charge in [0.15, 0.2) is 5.78 Å². The largest absolute Gasteiger partial charge is 0.350 e. The molecule has 0 N–H and O–H groups in total. The van der Waals surface area contributed by atoms with Gasteiger partial charge in [-0.05, 0) is 37.3 Å². The Hall–Kier alpha value is -1.57. The van der Waals surface area contributed by atoms with Crippen molar-refractivity contribution in [3.05, 3.63) is 35.5 Å². The van der Waals surface area contributed by atoms with Crippen molar-refractivity contribution >= 4 is 16.7 Å². The molecular formula is C16H19NO. The maximum absolute atomic E-state index is 11.5. The van der Waals surface area contributed by atoms with Crippen molar-refractivity contribution in [2.75, 3.05) is 0 Å². The Morgan fingerprint density at radius 3 is 2.67 bits per heavy atom. The highest BCUT2D eigenvalue weighted by Gasteiger charge is 2.21. The topological polar surface area (TPSA) is 22.0 Å². The Balaban J connectivity index is 2.14. The van der Waals surface area contributed by atoms with Gasteiger partial charge in [0.1, 0.15) is 0 Å². The molecule has 2 heteroatoms. The molecule has 0 spiro atoms. The van der Waals surface area contributed by atoms with Crippen molar-refractivity contribution in [3.8, 4) is 0 Å². The molecule has 1 heterocycles. The van der Waals surface area contributed by atoms with E-state index in [2.05, 4.69) is 23.9 Å². The lowest BCUT2D eigenvalue weighted by Gasteiger charge is -2.07. The first-order chi connectivity index (χ1) is 8.66. The lowest BCUT2D eigenvalue weighted by Crippen LogP contribution is -1.93. The zero-order chi connectivity index (χ0) is 12.7. The van der Waals surface area contributed by atoms with Gasteiger partial charge in [0.25, 0.3) is 0 Å². The molecule has 1 saturated carbocycles. The van der Waals surface area contributed by atoms with Gasteiger partial charge in [0.05, 0.1) is 0 Å². The van der Waals surface area contributed by atoms with Gasteiger partial charge < -0.3 is 4.57 Å². The Morgan fingerprint density at radius 2 is 2.00 bits per heavy atom. The molecule has 18 heavy (non-hydrogen) atoms. The van der Waals surface area contributed by atoms with Crippen LogP contribution in [0, 0.1) is 0 Å². The highest BCUT2D eigenvalue weighted by atomic mass is 16.1. The SMILES string of the molecule is CC(=O)c1ccc2c(C3CCCC3)cn(C)c2c1. The van der Waals surface area contributed by atoms with Crippen LogP contribution in [-0.2, 0) is 7.05 Å². The molecule has 3 rings (SSSR count). The third kappa shape index (κ3) is 1.76. The van der Waals surface area contributed by atoms with Crippen LogP contribution in [0.5, 0.6) is 0 Å². The van der Waals surface area contributed by atoms with Crippen molar-refractivity contribution in [2.24, 2.45) is 7.05 Å². The zero-order valence-corrected chi connectivity index (χ0v) is 11.1. The summed E-state index contributed by atoms with van der Waals surface area (Å²) in [6.45, 7) is 1.63. The summed E-state index contributed by atoms with van der Waals surface area (Å²) in [7, 11) is 2.07. The van der Waals surface area contributed by atoms with Gasteiger partial charge >= 0.3 is 0 Å². The van der Waals surface area contributed by atoms with Gasteiger partial charge in [-0.1, -0.05) is 25.0 Å². The second-order valence-electron chi connectivity index (χ2n) is 5.46. The summed E-state index contributed by atoms with van der Waals surface area (Å²) in [5.41, 5.74) is 3.46. The minimum Gasteiger partial charge on any atom is -0.350 e. The zero-order valence-electron chi connectivity index (χ0n) is 11.1. The number of carbonyl (C=O) groups is 1. The fraction of sp³-hybridized carbons (Fsp3) is 0.438. The van der Waals surface area contributed by atoms with Gasteiger partial charge in [-0.15, -0.1) is 0 Å². The van der Waals surface area contributed by atoms with Crippen molar-refractivity contribution in [2.45, 2.75) is 38.5 Å². The molecule has 1 aromatic heterocycles. The average molecular weight is 241 g/mol. The van der Waals surface area contributed by atoms with Crippen molar-refractivity contribution in [1.82, 2.24) is 4.57 Å². The van der Waals surface area contributed by atoms with Crippen LogP contribution < -0.4 is 0 Å². The van der Waals surface area contributed by atoms with Gasteiger partial charge in [-0.2, -0.15) is 0 Å². The molecule has 94 valence electrons. The predicted molar refractivity (Wildman–Crippen MR) is 74.1 cm³/mol. The molecule has 0 radical (unpaired) electrons. The van der Waals surface area contributed by atoms with E-state index in [1.807, 2.05) is 12.1 Å². The van der Waals surface area contributed by atoms with E-state index >= 15 is 0 Å². The standard InChI is InChI=1S/C16H19NO/c1-11(18)13-7-8-14-15(12-5-3-4-6-12)10-17(2)16(14)9-13/h7-10,12H,3-6H2,1-2H3. The minimum absolute atomic E-state index is 0.139. The lowest BCUT2D eigenvalue weighted by molar-refractivity contribution is 0.101. The summed E-state index contributed by atoms with van der Waals surface area (Å²) in [6, 6.07) is 6.11. The van der Waals surface area contributed by atoms with Gasteiger partial charge in [-0.3, -0.25) is 4.79 Å². The Kier molecular flexibility index (Phi) is 2.73. The Morgan fingerprint density at radius 1 is 1.28 bits per heavy atom. The first-order valence-corrected chi connectivity index (χ1v) is 6.77. The first kappa shape index (κ1) is 11.5. The van der Waals surface area contributed by atoms with E-state index < -0.39 is 0 Å². The summed E-state index contributed by atoms with van der Waals surface area (Å²) in [4.78, 5) is 11.5. The number of Topliss-reactive ketones (excluding diaryl/α,β-unsaturated/α-hetero) is 1. The second kappa shape index (κ2) is 4.27. The highest BCUT2D eigenvalue weighted by molar-refractivity contribution is 5.98. The minimum atomic E-state index is 0.139. The van der Waals surface area contributed by atoms with Gasteiger partial charge in [-0.25, -0.2) is 0 Å². The third-order valence-corrected chi connectivity index (χ3v) is 4.22. The number of rotatable bonds is 2. The van der Waals surface area contributed by atoms with E-state index in [0.717, 1.165) is 11.5 Å². The number of hydrogen-bond acceptors (Lipinski definition) is 1. The third-order valence-electron chi connectivity index (χ3n) is 4.22. The average Bonchev–Trinajstić information content (AvgIpc) is 2.97. The number of ketones is 1. The summed E-state index contributed by atoms with van der Waals surface area (Å²) in [5.74, 6) is 0.859. The van der Waals surface area contributed by atoms with Gasteiger partial charge in [0, 0.05) is 29.7 Å². The lowest BCUT2D eigenvalue weighted by atomic mass is 9.96. The van der Waals surface area contributed by atoms with E-state index in [4.69, 9.17) is 0 Å². The molecule has 0 atom stereocenters. The maximum atomic E-state index is 11.5. The summed E-state index contributed by atoms with van der Waals surface area (Å²) in [5, 5.41) is 1.33.